The fraction of sp³-hybridized carbons (Fsp3) is 0.273. The van der Waals surface area contributed by atoms with Crippen LogP contribution in [0.2, 0.25) is 5.02 Å². The third kappa shape index (κ3) is 5.56. The Balaban J connectivity index is 1.26. The molecule has 0 amide bonds. The van der Waals surface area contributed by atoms with Crippen molar-refractivity contribution in [2.75, 3.05) is 31.5 Å². The largest absolute Gasteiger partial charge is 0.346 e. The molecule has 1 aromatic heterocycles. The molecule has 156 valence electrons. The van der Waals surface area contributed by atoms with Crippen LogP contribution in [-0.2, 0) is 13.1 Å². The molecule has 1 N–H and O–H groups in total. The Hall–Kier alpha value is -2.48. The summed E-state index contributed by atoms with van der Waals surface area (Å²) in [5.74, 6) is -0.188. The van der Waals surface area contributed by atoms with E-state index in [-0.39, 0.29) is 5.82 Å². The third-order valence-corrected chi connectivity index (χ3v) is 5.67. The van der Waals surface area contributed by atoms with Crippen LogP contribution in [0.25, 0.3) is 0 Å². The number of piperazine rings is 1. The number of hydrogen-bond acceptors (Lipinski definition) is 3. The van der Waals surface area contributed by atoms with Gasteiger partial charge in [0.1, 0.15) is 5.82 Å². The second-order valence-electron chi connectivity index (χ2n) is 7.38. The number of aromatic nitrogens is 2. The van der Waals surface area contributed by atoms with Crippen molar-refractivity contribution < 1.29 is 4.39 Å². The molecule has 5 nitrogen and oxygen atoms in total. The lowest BCUT2D eigenvalue weighted by Crippen LogP contribution is -2.49. The van der Waals surface area contributed by atoms with Crippen molar-refractivity contribution in [1.82, 2.24) is 19.6 Å². The van der Waals surface area contributed by atoms with Crippen molar-refractivity contribution in [3.63, 3.8) is 0 Å². The fourth-order valence-electron chi connectivity index (χ4n) is 3.54. The number of nitrogens with zero attached hydrogens (tertiary/aromatic N) is 4. The quantitative estimate of drug-likeness (QED) is 0.597. The summed E-state index contributed by atoms with van der Waals surface area (Å²) in [6.07, 6.45) is 3.71. The Morgan fingerprint density at radius 1 is 1.03 bits per heavy atom. The van der Waals surface area contributed by atoms with Gasteiger partial charge < -0.3 is 10.2 Å². The Kier molecular flexibility index (Phi) is 6.62. The molecule has 0 radical (unpaired) electrons. The molecule has 2 heterocycles. The van der Waals surface area contributed by atoms with E-state index in [1.165, 1.54) is 6.07 Å². The number of halogens is 2. The van der Waals surface area contributed by atoms with Crippen LogP contribution in [0.4, 0.5) is 10.1 Å². The molecule has 3 aromatic rings. The normalized spacial score (nSPS) is 14.7. The van der Waals surface area contributed by atoms with Gasteiger partial charge in [-0.25, -0.2) is 4.39 Å². The van der Waals surface area contributed by atoms with Gasteiger partial charge in [0.25, 0.3) is 0 Å². The van der Waals surface area contributed by atoms with Crippen molar-refractivity contribution in [3.8, 4) is 0 Å². The summed E-state index contributed by atoms with van der Waals surface area (Å²) in [6, 6.07) is 14.5. The van der Waals surface area contributed by atoms with Gasteiger partial charge in [0, 0.05) is 43.9 Å². The smallest absolute Gasteiger partial charge is 0.173 e. The lowest BCUT2D eigenvalue weighted by molar-refractivity contribution is 0.177. The van der Waals surface area contributed by atoms with Gasteiger partial charge in [-0.3, -0.25) is 9.58 Å². The second kappa shape index (κ2) is 9.55. The highest BCUT2D eigenvalue weighted by Gasteiger charge is 2.19. The van der Waals surface area contributed by atoms with Crippen LogP contribution >= 0.6 is 23.8 Å². The van der Waals surface area contributed by atoms with Gasteiger partial charge in [0.15, 0.2) is 5.11 Å². The molecular formula is C22H23ClFN5S. The first kappa shape index (κ1) is 20.8. The summed E-state index contributed by atoms with van der Waals surface area (Å²) in [6.45, 7) is 4.82. The Morgan fingerprint density at radius 2 is 1.77 bits per heavy atom. The van der Waals surface area contributed by atoms with Crippen molar-refractivity contribution >= 4 is 34.6 Å². The molecule has 4 rings (SSSR count). The van der Waals surface area contributed by atoms with Crippen molar-refractivity contribution in [2.45, 2.75) is 13.1 Å². The number of anilines is 1. The maximum atomic E-state index is 13.4. The predicted octanol–water partition coefficient (Wildman–Crippen LogP) is 4.24. The zero-order chi connectivity index (χ0) is 20.9. The van der Waals surface area contributed by atoms with Gasteiger partial charge >= 0.3 is 0 Å². The van der Waals surface area contributed by atoms with Crippen molar-refractivity contribution in [3.05, 3.63) is 82.9 Å². The van der Waals surface area contributed by atoms with Crippen LogP contribution < -0.4 is 5.32 Å². The highest BCUT2D eigenvalue weighted by Crippen LogP contribution is 2.15. The summed E-state index contributed by atoms with van der Waals surface area (Å²) >= 11 is 11.6. The summed E-state index contributed by atoms with van der Waals surface area (Å²) in [7, 11) is 0. The van der Waals surface area contributed by atoms with E-state index in [2.05, 4.69) is 20.2 Å². The van der Waals surface area contributed by atoms with Gasteiger partial charge in [-0.2, -0.15) is 5.10 Å². The molecule has 8 heteroatoms. The molecule has 2 aromatic carbocycles. The highest BCUT2D eigenvalue weighted by atomic mass is 35.5. The molecule has 1 aliphatic heterocycles. The third-order valence-electron chi connectivity index (χ3n) is 5.07. The van der Waals surface area contributed by atoms with E-state index < -0.39 is 0 Å². The van der Waals surface area contributed by atoms with Crippen molar-refractivity contribution in [1.29, 1.82) is 0 Å². The fourth-order valence-corrected chi connectivity index (χ4v) is 4.06. The maximum Gasteiger partial charge on any atom is 0.173 e. The van der Waals surface area contributed by atoms with E-state index in [0.29, 0.717) is 11.7 Å². The molecule has 0 spiro atoms. The monoisotopic (exact) mass is 443 g/mol. The standard InChI is InChI=1S/C22H23ClFN5S/c23-19-5-1-3-17(11-19)15-29-16-21(13-25-29)26-22(30)28-9-7-27(8-10-28)14-18-4-2-6-20(24)12-18/h1-6,11-13,16H,7-10,14-15H2,(H,26,30). The SMILES string of the molecule is Fc1cccc(CN2CCN(C(=S)Nc3cnn(Cc4cccc(Cl)c4)c3)CC2)c1. The molecule has 0 bridgehead atoms. The van der Waals surface area contributed by atoms with Crippen LogP contribution in [0.5, 0.6) is 0 Å². The van der Waals surface area contributed by atoms with Crippen LogP contribution in [0.15, 0.2) is 60.9 Å². The number of benzene rings is 2. The summed E-state index contributed by atoms with van der Waals surface area (Å²) < 4.78 is 15.2. The van der Waals surface area contributed by atoms with E-state index in [9.17, 15) is 4.39 Å². The molecule has 0 saturated carbocycles. The molecule has 0 atom stereocenters. The van der Waals surface area contributed by atoms with Crippen LogP contribution in [-0.4, -0.2) is 50.9 Å². The molecule has 1 fully saturated rings. The molecule has 30 heavy (non-hydrogen) atoms. The highest BCUT2D eigenvalue weighted by molar-refractivity contribution is 7.80. The van der Waals surface area contributed by atoms with Gasteiger partial charge in [-0.1, -0.05) is 35.9 Å². The topological polar surface area (TPSA) is 36.3 Å². The second-order valence-corrected chi connectivity index (χ2v) is 8.20. The van der Waals surface area contributed by atoms with E-state index in [0.717, 1.165) is 54.6 Å². The Morgan fingerprint density at radius 3 is 2.50 bits per heavy atom. The maximum absolute atomic E-state index is 13.4. The zero-order valence-corrected chi connectivity index (χ0v) is 18.0. The van der Waals surface area contributed by atoms with Gasteiger partial charge in [-0.15, -0.1) is 0 Å². The number of nitrogens with one attached hydrogen (secondary N) is 1. The number of hydrogen-bond donors (Lipinski definition) is 1. The molecular weight excluding hydrogens is 421 g/mol. The Bertz CT molecular complexity index is 1020. The van der Waals surface area contributed by atoms with Gasteiger partial charge in [0.05, 0.1) is 18.4 Å². The lowest BCUT2D eigenvalue weighted by Gasteiger charge is -2.36. The van der Waals surface area contributed by atoms with E-state index in [4.69, 9.17) is 23.8 Å². The summed E-state index contributed by atoms with van der Waals surface area (Å²) in [5.41, 5.74) is 2.95. The van der Waals surface area contributed by atoms with E-state index >= 15 is 0 Å². The molecule has 0 aliphatic carbocycles. The van der Waals surface area contributed by atoms with Gasteiger partial charge in [0.2, 0.25) is 0 Å². The predicted molar refractivity (Wildman–Crippen MR) is 122 cm³/mol. The first-order valence-corrected chi connectivity index (χ1v) is 10.6. The average molecular weight is 444 g/mol. The first-order valence-electron chi connectivity index (χ1n) is 9.85. The van der Waals surface area contributed by atoms with Crippen LogP contribution in [0.1, 0.15) is 11.1 Å². The Labute approximate surface area is 186 Å². The molecule has 1 aliphatic rings. The number of thiocarbonyl (C=S) groups is 1. The zero-order valence-electron chi connectivity index (χ0n) is 16.5. The first-order chi connectivity index (χ1) is 14.5. The van der Waals surface area contributed by atoms with E-state index in [1.54, 1.807) is 18.3 Å². The lowest BCUT2D eigenvalue weighted by atomic mass is 10.2. The summed E-state index contributed by atoms with van der Waals surface area (Å²) in [5, 5.41) is 9.10. The summed E-state index contributed by atoms with van der Waals surface area (Å²) in [4.78, 5) is 4.47. The molecule has 1 saturated heterocycles. The minimum Gasteiger partial charge on any atom is -0.346 e. The average Bonchev–Trinajstić information content (AvgIpc) is 3.15. The van der Waals surface area contributed by atoms with Crippen LogP contribution in [0.3, 0.4) is 0 Å². The number of rotatable bonds is 5. The minimum absolute atomic E-state index is 0.188. The van der Waals surface area contributed by atoms with E-state index in [1.807, 2.05) is 41.2 Å². The van der Waals surface area contributed by atoms with Crippen LogP contribution in [0, 0.1) is 5.82 Å². The van der Waals surface area contributed by atoms with Gasteiger partial charge in [-0.05, 0) is 47.6 Å². The van der Waals surface area contributed by atoms with Crippen molar-refractivity contribution in [2.24, 2.45) is 0 Å². The minimum atomic E-state index is -0.188. The molecule has 0 unspecified atom stereocenters.